The lowest BCUT2D eigenvalue weighted by atomic mass is 10.0. The first-order valence-corrected chi connectivity index (χ1v) is 17.4. The minimum absolute atomic E-state index is 0.0381. The van der Waals surface area contributed by atoms with E-state index < -0.39 is 12.2 Å². The first-order valence-electron chi connectivity index (χ1n) is 17.4. The second kappa shape index (κ2) is 35.0. The molecule has 0 aliphatic carbocycles. The van der Waals surface area contributed by atoms with Crippen molar-refractivity contribution in [1.82, 2.24) is 16.0 Å². The van der Waals surface area contributed by atoms with Crippen molar-refractivity contribution < 1.29 is 43.5 Å². The highest BCUT2D eigenvalue weighted by Crippen LogP contribution is 2.13. The lowest BCUT2D eigenvalue weighted by Crippen LogP contribution is -2.27. The van der Waals surface area contributed by atoms with Gasteiger partial charge in [0.05, 0.1) is 52.9 Å². The normalized spacial score (nSPS) is 11.9. The van der Waals surface area contributed by atoms with E-state index in [1.54, 1.807) is 7.05 Å². The van der Waals surface area contributed by atoms with Crippen LogP contribution < -0.4 is 16.0 Å². The Hall–Kier alpha value is -1.83. The Morgan fingerprint density at radius 1 is 0.511 bits per heavy atom. The topological polar surface area (TPSA) is 165 Å². The van der Waals surface area contributed by atoms with E-state index in [1.165, 1.54) is 44.9 Å². The molecular formula is C33H65N3O9. The maximum Gasteiger partial charge on any atom is 0.303 e. The largest absolute Gasteiger partial charge is 0.481 e. The van der Waals surface area contributed by atoms with Gasteiger partial charge in [0.15, 0.2) is 0 Å². The predicted molar refractivity (Wildman–Crippen MR) is 175 cm³/mol. The summed E-state index contributed by atoms with van der Waals surface area (Å²) < 4.78 is 21.8. The summed E-state index contributed by atoms with van der Waals surface area (Å²) in [7, 11) is 1.71. The van der Waals surface area contributed by atoms with Crippen molar-refractivity contribution >= 4 is 17.8 Å². The first kappa shape index (κ1) is 43.2. The molecule has 0 radical (unpaired) electrons. The van der Waals surface area contributed by atoms with E-state index in [-0.39, 0.29) is 11.8 Å². The molecule has 0 spiro atoms. The monoisotopic (exact) mass is 647 g/mol. The number of carbonyl (C=O) groups is 3. The maximum atomic E-state index is 11.9. The van der Waals surface area contributed by atoms with Crippen LogP contribution in [0.3, 0.4) is 0 Å². The molecule has 45 heavy (non-hydrogen) atoms. The number of rotatable bonds is 36. The van der Waals surface area contributed by atoms with Gasteiger partial charge in [0.25, 0.3) is 0 Å². The Labute approximate surface area is 272 Å². The van der Waals surface area contributed by atoms with Gasteiger partial charge in [-0.2, -0.15) is 0 Å². The molecule has 2 amide bonds. The van der Waals surface area contributed by atoms with Gasteiger partial charge in [-0.3, -0.25) is 19.7 Å². The highest BCUT2D eigenvalue weighted by atomic mass is 16.6. The second-order valence-electron chi connectivity index (χ2n) is 11.3. The molecule has 0 saturated carbocycles. The van der Waals surface area contributed by atoms with Crippen molar-refractivity contribution in [3.63, 3.8) is 0 Å². The minimum Gasteiger partial charge on any atom is -0.481 e. The fraction of sp³-hybridized carbons (Fsp3) is 0.909. The molecule has 0 aromatic heterocycles. The summed E-state index contributed by atoms with van der Waals surface area (Å²) in [6, 6.07) is 0. The summed E-state index contributed by atoms with van der Waals surface area (Å²) in [6.45, 7) is 4.64. The Bertz CT molecular complexity index is 686. The van der Waals surface area contributed by atoms with Crippen LogP contribution >= 0.6 is 0 Å². The smallest absolute Gasteiger partial charge is 0.303 e. The Balaban J connectivity index is 3.23. The summed E-state index contributed by atoms with van der Waals surface area (Å²) in [5.41, 5.74) is 0. The van der Waals surface area contributed by atoms with Gasteiger partial charge in [-0.1, -0.05) is 64.2 Å². The standard InChI is InChI=1S/C33H65N3O9/c1-34-30(37)16-14-15-20-35-32(39)19-22-42-24-26-44-28-29-45-27-25-43-23-21-36-31(38)17-12-10-8-6-4-2-3-5-7-9-11-13-18-33(40)41/h30,34,37H,2-29H2,1H3,(H,35,39)(H,36,38)(H,40,41)/t30-/m1/s1. The molecule has 1 atom stereocenters. The second-order valence-corrected chi connectivity index (χ2v) is 11.3. The van der Waals surface area contributed by atoms with Crippen LogP contribution in [0.1, 0.15) is 116 Å². The van der Waals surface area contributed by atoms with Crippen molar-refractivity contribution in [2.45, 2.75) is 122 Å². The number of hydrogen-bond donors (Lipinski definition) is 5. The van der Waals surface area contributed by atoms with E-state index in [0.29, 0.717) is 91.6 Å². The molecule has 0 unspecified atom stereocenters. The number of amides is 2. The van der Waals surface area contributed by atoms with E-state index in [2.05, 4.69) is 16.0 Å². The minimum atomic E-state index is -0.693. The molecule has 0 rings (SSSR count). The van der Waals surface area contributed by atoms with Crippen molar-refractivity contribution in [1.29, 1.82) is 0 Å². The zero-order valence-electron chi connectivity index (χ0n) is 28.1. The van der Waals surface area contributed by atoms with Crippen molar-refractivity contribution in [3.05, 3.63) is 0 Å². The molecule has 5 N–H and O–H groups in total. The lowest BCUT2D eigenvalue weighted by molar-refractivity contribution is -0.137. The van der Waals surface area contributed by atoms with Crippen molar-refractivity contribution in [2.24, 2.45) is 0 Å². The first-order chi connectivity index (χ1) is 22.0. The number of carboxylic acids is 1. The third-order valence-corrected chi connectivity index (χ3v) is 7.26. The molecule has 0 bridgehead atoms. The van der Waals surface area contributed by atoms with Crippen LogP contribution in [0.2, 0.25) is 0 Å². The van der Waals surface area contributed by atoms with E-state index >= 15 is 0 Å². The van der Waals surface area contributed by atoms with Gasteiger partial charge in [0.2, 0.25) is 11.8 Å². The summed E-state index contributed by atoms with van der Waals surface area (Å²) >= 11 is 0. The molecule has 0 aliphatic heterocycles. The number of hydrogen-bond acceptors (Lipinski definition) is 9. The average Bonchev–Trinajstić information content (AvgIpc) is 3.02. The van der Waals surface area contributed by atoms with Gasteiger partial charge >= 0.3 is 5.97 Å². The number of nitrogens with one attached hydrogen (secondary N) is 3. The lowest BCUT2D eigenvalue weighted by Gasteiger charge is -2.09. The maximum absolute atomic E-state index is 11.9. The fourth-order valence-corrected chi connectivity index (χ4v) is 4.53. The number of unbranched alkanes of at least 4 members (excludes halogenated alkanes) is 12. The summed E-state index contributed by atoms with van der Waals surface area (Å²) in [5, 5.41) is 26.5. The number of carbonyl (C=O) groups excluding carboxylic acids is 2. The summed E-state index contributed by atoms with van der Waals surface area (Å²) in [4.78, 5) is 34.1. The van der Waals surface area contributed by atoms with Crippen LogP contribution in [0.4, 0.5) is 0 Å². The van der Waals surface area contributed by atoms with Gasteiger partial charge in [-0.15, -0.1) is 0 Å². The van der Waals surface area contributed by atoms with Gasteiger partial charge < -0.3 is 39.8 Å². The van der Waals surface area contributed by atoms with Crippen molar-refractivity contribution in [2.75, 3.05) is 73.0 Å². The molecule has 0 aliphatic rings. The Morgan fingerprint density at radius 3 is 1.44 bits per heavy atom. The Kier molecular flexibility index (Phi) is 33.6. The highest BCUT2D eigenvalue weighted by molar-refractivity contribution is 5.76. The molecule has 0 aromatic carbocycles. The van der Waals surface area contributed by atoms with Crippen LogP contribution in [-0.4, -0.2) is 107 Å². The van der Waals surface area contributed by atoms with Crippen LogP contribution in [-0.2, 0) is 33.3 Å². The van der Waals surface area contributed by atoms with Crippen molar-refractivity contribution in [3.8, 4) is 0 Å². The van der Waals surface area contributed by atoms with Crippen LogP contribution in [0.25, 0.3) is 0 Å². The van der Waals surface area contributed by atoms with E-state index in [9.17, 15) is 19.5 Å². The fourth-order valence-electron chi connectivity index (χ4n) is 4.53. The highest BCUT2D eigenvalue weighted by Gasteiger charge is 2.03. The molecule has 0 fully saturated rings. The quantitative estimate of drug-likeness (QED) is 0.0497. The number of carboxylic acid groups (broad SMARTS) is 1. The van der Waals surface area contributed by atoms with Crippen LogP contribution in [0, 0.1) is 0 Å². The van der Waals surface area contributed by atoms with E-state index in [1.807, 2.05) is 0 Å². The summed E-state index contributed by atoms with van der Waals surface area (Å²) in [6.07, 6.45) is 16.7. The SMILES string of the molecule is CN[C@H](O)CCCCNC(=O)CCOCCOCCOCCOCCNC(=O)CCCCCCCCCCCCCCC(=O)O. The third kappa shape index (κ3) is 36.5. The van der Waals surface area contributed by atoms with E-state index in [0.717, 1.165) is 44.9 Å². The molecule has 0 heterocycles. The van der Waals surface area contributed by atoms with Crippen LogP contribution in [0.15, 0.2) is 0 Å². The number of ether oxygens (including phenoxy) is 4. The van der Waals surface area contributed by atoms with Crippen LogP contribution in [0.5, 0.6) is 0 Å². The third-order valence-electron chi connectivity index (χ3n) is 7.26. The molecule has 0 aromatic rings. The summed E-state index contributed by atoms with van der Waals surface area (Å²) in [5.74, 6) is -0.651. The van der Waals surface area contributed by atoms with Gasteiger partial charge in [-0.05, 0) is 39.2 Å². The van der Waals surface area contributed by atoms with E-state index in [4.69, 9.17) is 24.1 Å². The van der Waals surface area contributed by atoms with Gasteiger partial charge in [0.1, 0.15) is 6.23 Å². The zero-order valence-corrected chi connectivity index (χ0v) is 28.1. The zero-order chi connectivity index (χ0) is 33.1. The molecule has 266 valence electrons. The van der Waals surface area contributed by atoms with Gasteiger partial charge in [0, 0.05) is 32.4 Å². The molecular weight excluding hydrogens is 582 g/mol. The average molecular weight is 648 g/mol. The molecule has 0 saturated heterocycles. The van der Waals surface area contributed by atoms with Gasteiger partial charge in [-0.25, -0.2) is 0 Å². The number of aliphatic hydroxyl groups excluding tert-OH is 1. The molecule has 12 nitrogen and oxygen atoms in total. The predicted octanol–water partition coefficient (Wildman–Crippen LogP) is 3.93. The molecule has 12 heteroatoms. The number of aliphatic hydroxyl groups is 1. The number of aliphatic carboxylic acids is 1. The Morgan fingerprint density at radius 2 is 0.933 bits per heavy atom.